The minimum absolute atomic E-state index is 0. The first kappa shape index (κ1) is 42.2. The smallest absolute Gasteiger partial charge is 0.109 e. The summed E-state index contributed by atoms with van der Waals surface area (Å²) in [6.45, 7) is 1.84. The van der Waals surface area contributed by atoms with Crippen molar-refractivity contribution < 1.29 is 11.0 Å². The first-order valence-electron chi connectivity index (χ1n) is 4.36. The van der Waals surface area contributed by atoms with E-state index in [1.54, 1.807) is 0 Å². The van der Waals surface area contributed by atoms with E-state index in [1.165, 1.54) is 11.0 Å². The van der Waals surface area contributed by atoms with Crippen LogP contribution in [0.4, 0.5) is 0 Å². The SMILES string of the molecule is CP(=S)(S)S.O.O.S=P(S)(S)CP(=S)(S)S.S=P(S)(S)SP(=S)(S)S. The minimum Gasteiger partial charge on any atom is -0.412 e. The predicted molar refractivity (Wildman–Crippen MR) is 187 cm³/mol. The van der Waals surface area contributed by atoms with Crippen molar-refractivity contribution in [2.45, 2.75) is 0 Å². The standard InChI is InChI=1S/CH6P2S6.CH5PS3.2H2O.H4P2S7/c4-2(5,6)1-3(7,8)9;1-2(3,4)5;;;3-1(4,5)9-2(6,7)8/h1H2,(H2,4,5,6)(H2,7,8,9);1H3,(H2,3,4,5);2*1H2;(H2,3,4,5)(H2,6,7,8). The molecule has 0 aromatic rings. The van der Waals surface area contributed by atoms with Gasteiger partial charge in [-0.25, -0.2) is 0 Å². The van der Waals surface area contributed by atoms with E-state index < -0.39 is 20.6 Å². The lowest BCUT2D eigenvalue weighted by Gasteiger charge is -2.12. The summed E-state index contributed by atoms with van der Waals surface area (Å²) in [5.74, 6) is 0.600. The highest BCUT2D eigenvalue weighted by Gasteiger charge is 2.15. The van der Waals surface area contributed by atoms with Crippen LogP contribution in [0.15, 0.2) is 0 Å². The number of hydrogen-bond donors (Lipinski definition) is 10. The van der Waals surface area contributed by atoms with Crippen molar-refractivity contribution in [3.63, 3.8) is 0 Å². The Hall–Kier alpha value is 7.02. The highest BCUT2D eigenvalue weighted by molar-refractivity contribution is 9.39. The Morgan fingerprint density at radius 1 is 0.600 bits per heavy atom. The number of thiol groups is 10. The van der Waals surface area contributed by atoms with E-state index in [4.69, 9.17) is 47.2 Å². The predicted octanol–water partition coefficient (Wildman–Crippen LogP) is 7.31. The molecule has 0 aromatic carbocycles. The fraction of sp³-hybridized carbons (Fsp3) is 1.00. The summed E-state index contributed by atoms with van der Waals surface area (Å²) >= 11 is 66.1. The van der Waals surface area contributed by atoms with Gasteiger partial charge in [-0.3, -0.25) is 0 Å². The van der Waals surface area contributed by atoms with Crippen LogP contribution in [0.1, 0.15) is 0 Å². The van der Waals surface area contributed by atoms with Gasteiger partial charge in [0.15, 0.2) is 0 Å². The van der Waals surface area contributed by atoms with Crippen molar-refractivity contribution in [2.24, 2.45) is 0 Å². The average molecular weight is 743 g/mol. The molecule has 0 spiro atoms. The quantitative estimate of drug-likeness (QED) is 0.110. The topological polar surface area (TPSA) is 63.0 Å². The maximum absolute atomic E-state index is 4.94. The molecule has 0 aliphatic heterocycles. The van der Waals surface area contributed by atoms with Crippen LogP contribution in [-0.2, 0) is 59.0 Å². The monoisotopic (exact) mass is 742 g/mol. The fourth-order valence-corrected chi connectivity index (χ4v) is 53.1. The van der Waals surface area contributed by atoms with E-state index in [2.05, 4.69) is 134 Å². The van der Waals surface area contributed by atoms with Gasteiger partial charge in [0.2, 0.25) is 0 Å². The van der Waals surface area contributed by atoms with Gasteiger partial charge >= 0.3 is 0 Å². The molecule has 0 rings (SSSR count). The Bertz CT molecular complexity index is 479. The molecule has 23 heteroatoms. The van der Waals surface area contributed by atoms with Gasteiger partial charge in [0, 0.05) is 10.3 Å². The molecule has 0 unspecified atom stereocenters. The number of hydrogen-bond acceptors (Lipinski definition) is 6. The lowest BCUT2D eigenvalue weighted by Crippen LogP contribution is -1.67. The molecular formula is C2H19O2P5S16. The molecule has 0 saturated carbocycles. The third kappa shape index (κ3) is 72.2. The molecule has 0 saturated heterocycles. The molecule has 4 N–H and O–H groups in total. The van der Waals surface area contributed by atoms with E-state index in [0.717, 1.165) is 0 Å². The van der Waals surface area contributed by atoms with Crippen LogP contribution in [0.2, 0.25) is 0 Å². The van der Waals surface area contributed by atoms with Crippen LogP contribution in [0.25, 0.3) is 0 Å². The first-order chi connectivity index (χ1) is 9.41. The minimum atomic E-state index is -1.86. The Labute approximate surface area is 232 Å². The second kappa shape index (κ2) is 18.4. The lowest BCUT2D eigenvalue weighted by molar-refractivity contribution is 0.823. The molecule has 0 bridgehead atoms. The molecule has 2 nitrogen and oxygen atoms in total. The zero-order valence-electron chi connectivity index (χ0n) is 11.9. The van der Waals surface area contributed by atoms with Gasteiger partial charge in [-0.05, 0) is 17.7 Å². The molecule has 0 fully saturated rings. The first-order valence-corrected chi connectivity index (χ1v) is 32.7. The summed E-state index contributed by atoms with van der Waals surface area (Å²) < 4.78 is -8.67. The largest absolute Gasteiger partial charge is 0.412 e. The summed E-state index contributed by atoms with van der Waals surface area (Å²) in [6, 6.07) is 0. The summed E-state index contributed by atoms with van der Waals surface area (Å²) in [7, 11) is 0. The van der Waals surface area contributed by atoms with Crippen molar-refractivity contribution in [1.82, 2.24) is 0 Å². The third-order valence-electron chi connectivity index (χ3n) is 0.581. The lowest BCUT2D eigenvalue weighted by atomic mass is 11.9. The molecule has 0 heterocycles. The molecular weight excluding hydrogens is 724 g/mol. The van der Waals surface area contributed by atoms with Crippen LogP contribution < -0.4 is 0 Å². The van der Waals surface area contributed by atoms with Crippen molar-refractivity contribution in [1.29, 1.82) is 0 Å². The van der Waals surface area contributed by atoms with E-state index in [-0.39, 0.29) is 11.0 Å². The maximum atomic E-state index is 4.94. The fourth-order valence-electron chi connectivity index (χ4n) is 0.379. The highest BCUT2D eigenvalue weighted by Crippen LogP contribution is 2.86. The molecule has 0 radical (unpaired) electrons. The van der Waals surface area contributed by atoms with E-state index in [1.807, 2.05) is 6.66 Å². The third-order valence-corrected chi connectivity index (χ3v) is 27.2. The second-order valence-corrected chi connectivity index (χ2v) is 63.1. The molecule has 0 amide bonds. The van der Waals surface area contributed by atoms with Crippen LogP contribution in [0, 0.1) is 0 Å². The summed E-state index contributed by atoms with van der Waals surface area (Å²) in [4.78, 5) is 0. The molecule has 0 atom stereocenters. The van der Waals surface area contributed by atoms with Gasteiger partial charge in [-0.15, -0.1) is 122 Å². The zero-order valence-corrected chi connectivity index (χ0v) is 30.2. The van der Waals surface area contributed by atoms with Gasteiger partial charge in [0.25, 0.3) is 0 Å². The van der Waals surface area contributed by atoms with Crippen LogP contribution >= 0.6 is 154 Å². The maximum Gasteiger partial charge on any atom is 0.109 e. The Morgan fingerprint density at radius 3 is 0.760 bits per heavy atom. The average Bonchev–Trinajstić information content (AvgIpc) is 1.81. The van der Waals surface area contributed by atoms with Crippen LogP contribution in [-0.4, -0.2) is 23.5 Å². The van der Waals surface area contributed by atoms with Gasteiger partial charge in [0.1, 0.15) is 7.29 Å². The van der Waals surface area contributed by atoms with Crippen molar-refractivity contribution >= 4 is 213 Å². The molecule has 0 aromatic heterocycles. The van der Waals surface area contributed by atoms with Crippen molar-refractivity contribution in [3.8, 4) is 0 Å². The molecule has 0 aliphatic carbocycles. The van der Waals surface area contributed by atoms with Crippen molar-refractivity contribution in [3.05, 3.63) is 0 Å². The number of rotatable bonds is 4. The summed E-state index contributed by atoms with van der Waals surface area (Å²) in [5.41, 5.74) is 0. The Kier molecular flexibility index (Phi) is 31.0. The van der Waals surface area contributed by atoms with Crippen LogP contribution in [0.3, 0.4) is 0 Å². The molecule has 160 valence electrons. The molecule has 0 aliphatic rings. The summed E-state index contributed by atoms with van der Waals surface area (Å²) in [5, 5.41) is 0. The summed E-state index contributed by atoms with van der Waals surface area (Å²) in [6.07, 6.45) is 0. The van der Waals surface area contributed by atoms with E-state index in [9.17, 15) is 0 Å². The van der Waals surface area contributed by atoms with Crippen molar-refractivity contribution in [2.75, 3.05) is 12.6 Å². The van der Waals surface area contributed by atoms with Gasteiger partial charge < -0.3 is 11.0 Å². The Morgan fingerprint density at radius 2 is 0.760 bits per heavy atom. The van der Waals surface area contributed by atoms with Crippen LogP contribution in [0.5, 0.6) is 0 Å². The van der Waals surface area contributed by atoms with Gasteiger partial charge in [0.05, 0.1) is 8.88 Å². The Balaban J connectivity index is -0.0000000800. The normalized spacial score (nSPS) is 12.3. The zero-order chi connectivity index (χ0) is 19.9. The van der Waals surface area contributed by atoms with E-state index in [0.29, 0.717) is 5.90 Å². The van der Waals surface area contributed by atoms with E-state index >= 15 is 0 Å². The van der Waals surface area contributed by atoms with Gasteiger partial charge in [-0.1, -0.05) is 59.0 Å². The highest BCUT2D eigenvalue weighted by atomic mass is 33.7. The molecule has 25 heavy (non-hydrogen) atoms. The second-order valence-electron chi connectivity index (χ2n) is 3.37. The van der Waals surface area contributed by atoms with Gasteiger partial charge in [-0.2, -0.15) is 0 Å².